The van der Waals surface area contributed by atoms with Gasteiger partial charge in [-0.05, 0) is 26.2 Å². The Morgan fingerprint density at radius 2 is 1.92 bits per heavy atom. The van der Waals surface area contributed by atoms with Crippen LogP contribution in [0.1, 0.15) is 64.7 Å². The fourth-order valence-corrected chi connectivity index (χ4v) is 3.80. The highest BCUT2D eigenvalue weighted by atomic mass is 16.2. The van der Waals surface area contributed by atoms with E-state index in [1.54, 1.807) is 11.9 Å². The summed E-state index contributed by atoms with van der Waals surface area (Å²) >= 11 is 0. The van der Waals surface area contributed by atoms with Crippen molar-refractivity contribution in [2.24, 2.45) is 7.05 Å². The van der Waals surface area contributed by atoms with Crippen molar-refractivity contribution in [2.75, 3.05) is 18.4 Å². The molecule has 0 spiro atoms. The molecule has 3 heterocycles. The van der Waals surface area contributed by atoms with Crippen molar-refractivity contribution < 1.29 is 9.59 Å². The molecule has 0 radical (unpaired) electrons. The van der Waals surface area contributed by atoms with Crippen LogP contribution in [0.25, 0.3) is 0 Å². The fraction of sp³-hybridized carbons (Fsp3) is 0.556. The SMILES string of the molecule is Cc1cc(NC(=O)c2c(C(=O)N3CCC3)cnn2C)nn1C1CCCC1. The monoisotopic (exact) mass is 356 g/mol. The molecular formula is C18H24N6O2. The maximum atomic E-state index is 12.8. The Hall–Kier alpha value is -2.64. The van der Waals surface area contributed by atoms with Gasteiger partial charge in [-0.2, -0.15) is 10.2 Å². The minimum atomic E-state index is -0.357. The third kappa shape index (κ3) is 2.89. The molecular weight excluding hydrogens is 332 g/mol. The first-order chi connectivity index (χ1) is 12.5. The van der Waals surface area contributed by atoms with Crippen LogP contribution in [-0.2, 0) is 7.05 Å². The third-order valence-electron chi connectivity index (χ3n) is 5.36. The number of aryl methyl sites for hydroxylation is 2. The quantitative estimate of drug-likeness (QED) is 0.909. The Kier molecular flexibility index (Phi) is 4.26. The lowest BCUT2D eigenvalue weighted by atomic mass is 10.1. The van der Waals surface area contributed by atoms with Crippen LogP contribution in [0.15, 0.2) is 12.3 Å². The Bertz CT molecular complexity index is 842. The van der Waals surface area contributed by atoms with Crippen molar-refractivity contribution in [2.45, 2.75) is 45.1 Å². The third-order valence-corrected chi connectivity index (χ3v) is 5.36. The van der Waals surface area contributed by atoms with Crippen molar-refractivity contribution in [1.82, 2.24) is 24.5 Å². The molecule has 4 rings (SSSR count). The molecule has 0 bridgehead atoms. The highest BCUT2D eigenvalue weighted by Gasteiger charge is 2.29. The maximum absolute atomic E-state index is 12.8. The number of hydrogen-bond acceptors (Lipinski definition) is 4. The smallest absolute Gasteiger partial charge is 0.275 e. The molecule has 0 atom stereocenters. The zero-order valence-corrected chi connectivity index (χ0v) is 15.2. The molecule has 2 aromatic rings. The number of likely N-dealkylation sites (tertiary alicyclic amines) is 1. The number of carbonyl (C=O) groups is 2. The van der Waals surface area contributed by atoms with Crippen LogP contribution in [0, 0.1) is 6.92 Å². The molecule has 2 aromatic heterocycles. The van der Waals surface area contributed by atoms with Gasteiger partial charge in [0, 0.05) is 31.9 Å². The van der Waals surface area contributed by atoms with Gasteiger partial charge >= 0.3 is 0 Å². The number of hydrogen-bond donors (Lipinski definition) is 1. The zero-order chi connectivity index (χ0) is 18.3. The van der Waals surface area contributed by atoms with Crippen molar-refractivity contribution in [3.05, 3.63) is 29.2 Å². The summed E-state index contributed by atoms with van der Waals surface area (Å²) in [5.74, 6) is 0.0232. The van der Waals surface area contributed by atoms with E-state index in [2.05, 4.69) is 15.5 Å². The zero-order valence-electron chi connectivity index (χ0n) is 15.2. The molecule has 1 aliphatic heterocycles. The normalized spacial score (nSPS) is 17.4. The van der Waals surface area contributed by atoms with Crippen LogP contribution in [0.4, 0.5) is 5.82 Å². The molecule has 0 aromatic carbocycles. The van der Waals surface area contributed by atoms with Crippen molar-refractivity contribution in [3.63, 3.8) is 0 Å². The lowest BCUT2D eigenvalue weighted by molar-refractivity contribution is 0.0648. The average Bonchev–Trinajstić information content (AvgIpc) is 3.25. The molecule has 1 saturated carbocycles. The lowest BCUT2D eigenvalue weighted by Crippen LogP contribution is -2.42. The van der Waals surface area contributed by atoms with E-state index in [9.17, 15) is 9.59 Å². The summed E-state index contributed by atoms with van der Waals surface area (Å²) in [5.41, 5.74) is 1.65. The summed E-state index contributed by atoms with van der Waals surface area (Å²) in [6, 6.07) is 2.30. The number of anilines is 1. The van der Waals surface area contributed by atoms with E-state index in [0.717, 1.165) is 38.0 Å². The second-order valence-corrected chi connectivity index (χ2v) is 7.18. The van der Waals surface area contributed by atoms with Crippen molar-refractivity contribution >= 4 is 17.6 Å². The van der Waals surface area contributed by atoms with Crippen molar-refractivity contribution in [1.29, 1.82) is 0 Å². The number of nitrogens with zero attached hydrogens (tertiary/aromatic N) is 5. The fourth-order valence-electron chi connectivity index (χ4n) is 3.80. The summed E-state index contributed by atoms with van der Waals surface area (Å²) in [6.45, 7) is 3.48. The lowest BCUT2D eigenvalue weighted by Gasteiger charge is -2.30. The minimum absolute atomic E-state index is 0.137. The summed E-state index contributed by atoms with van der Waals surface area (Å²) in [4.78, 5) is 27.1. The molecule has 1 N–H and O–H groups in total. The molecule has 8 nitrogen and oxygen atoms in total. The van der Waals surface area contributed by atoms with Crippen LogP contribution in [0.5, 0.6) is 0 Å². The first kappa shape index (κ1) is 16.8. The van der Waals surface area contributed by atoms with Gasteiger partial charge in [-0.3, -0.25) is 19.0 Å². The molecule has 1 saturated heterocycles. The number of rotatable bonds is 4. The van der Waals surface area contributed by atoms with Gasteiger partial charge in [-0.15, -0.1) is 0 Å². The molecule has 0 unspecified atom stereocenters. The predicted octanol–water partition coefficient (Wildman–Crippen LogP) is 2.14. The predicted molar refractivity (Wildman–Crippen MR) is 96.2 cm³/mol. The van der Waals surface area contributed by atoms with Gasteiger partial charge in [-0.25, -0.2) is 0 Å². The number of carbonyl (C=O) groups excluding carboxylic acids is 2. The molecule has 1 aliphatic carbocycles. The topological polar surface area (TPSA) is 85.1 Å². The number of aromatic nitrogens is 4. The molecule has 138 valence electrons. The van der Waals surface area contributed by atoms with Crippen LogP contribution in [0.3, 0.4) is 0 Å². The van der Waals surface area contributed by atoms with Gasteiger partial charge in [-0.1, -0.05) is 12.8 Å². The van der Waals surface area contributed by atoms with E-state index in [0.29, 0.717) is 17.4 Å². The standard InChI is InChI=1S/C18H24N6O2/c1-12-10-15(21-24(12)13-6-3-4-7-13)20-17(25)16-14(11-19-22(16)2)18(26)23-8-5-9-23/h10-11,13H,3-9H2,1-2H3,(H,20,21,25). The molecule has 26 heavy (non-hydrogen) atoms. The first-order valence-corrected chi connectivity index (χ1v) is 9.23. The second-order valence-electron chi connectivity index (χ2n) is 7.18. The van der Waals surface area contributed by atoms with Crippen LogP contribution >= 0.6 is 0 Å². The van der Waals surface area contributed by atoms with Gasteiger partial charge in [0.1, 0.15) is 5.69 Å². The van der Waals surface area contributed by atoms with Crippen LogP contribution < -0.4 is 5.32 Å². The van der Waals surface area contributed by atoms with Gasteiger partial charge in [0.25, 0.3) is 11.8 Å². The summed E-state index contributed by atoms with van der Waals surface area (Å²) in [6.07, 6.45) is 7.19. The van der Waals surface area contributed by atoms with E-state index < -0.39 is 0 Å². The summed E-state index contributed by atoms with van der Waals surface area (Å²) in [5, 5.41) is 11.5. The van der Waals surface area contributed by atoms with E-state index in [1.807, 2.05) is 17.7 Å². The van der Waals surface area contributed by atoms with Gasteiger partial charge in [0.2, 0.25) is 0 Å². The highest BCUT2D eigenvalue weighted by molar-refractivity contribution is 6.10. The second kappa shape index (κ2) is 6.59. The van der Waals surface area contributed by atoms with Gasteiger partial charge in [0.05, 0.1) is 17.8 Å². The highest BCUT2D eigenvalue weighted by Crippen LogP contribution is 2.30. The number of amides is 2. The summed E-state index contributed by atoms with van der Waals surface area (Å²) in [7, 11) is 1.67. The maximum Gasteiger partial charge on any atom is 0.275 e. The average molecular weight is 356 g/mol. The van der Waals surface area contributed by atoms with E-state index in [4.69, 9.17) is 0 Å². The number of nitrogens with one attached hydrogen (secondary N) is 1. The molecule has 2 fully saturated rings. The Morgan fingerprint density at radius 1 is 1.19 bits per heavy atom. The largest absolute Gasteiger partial charge is 0.338 e. The van der Waals surface area contributed by atoms with Crippen LogP contribution in [0.2, 0.25) is 0 Å². The van der Waals surface area contributed by atoms with Gasteiger partial charge < -0.3 is 10.2 Å². The van der Waals surface area contributed by atoms with E-state index in [-0.39, 0.29) is 17.5 Å². The molecule has 2 aliphatic rings. The van der Waals surface area contributed by atoms with Crippen LogP contribution in [-0.4, -0.2) is 49.4 Å². The van der Waals surface area contributed by atoms with Gasteiger partial charge in [0.15, 0.2) is 5.82 Å². The Morgan fingerprint density at radius 3 is 2.58 bits per heavy atom. The summed E-state index contributed by atoms with van der Waals surface area (Å²) < 4.78 is 3.46. The first-order valence-electron chi connectivity index (χ1n) is 9.23. The van der Waals surface area contributed by atoms with E-state index >= 15 is 0 Å². The van der Waals surface area contributed by atoms with E-state index in [1.165, 1.54) is 23.7 Å². The Balaban J connectivity index is 1.54. The molecule has 2 amide bonds. The van der Waals surface area contributed by atoms with Crippen molar-refractivity contribution in [3.8, 4) is 0 Å². The Labute approximate surface area is 152 Å². The molecule has 8 heteroatoms. The minimum Gasteiger partial charge on any atom is -0.338 e.